The predicted molar refractivity (Wildman–Crippen MR) is 98.7 cm³/mol. The number of urea groups is 1. The van der Waals surface area contributed by atoms with Crippen LogP contribution in [0.15, 0.2) is 24.3 Å². The third kappa shape index (κ3) is 5.39. The van der Waals surface area contributed by atoms with E-state index in [4.69, 9.17) is 5.73 Å². The number of hydrogen-bond acceptors (Lipinski definition) is 3. The van der Waals surface area contributed by atoms with E-state index in [1.807, 2.05) is 0 Å². The summed E-state index contributed by atoms with van der Waals surface area (Å²) in [4.78, 5) is 25.6. The minimum Gasteiger partial charge on any atom is -0.349 e. The van der Waals surface area contributed by atoms with Crippen molar-refractivity contribution in [3.63, 3.8) is 0 Å². The molecule has 1 aliphatic rings. The molecule has 24 heavy (non-hydrogen) atoms. The van der Waals surface area contributed by atoms with Crippen LogP contribution in [0.2, 0.25) is 0 Å². The zero-order valence-electron chi connectivity index (χ0n) is 14.2. The normalized spacial score (nSPS) is 19.8. The Morgan fingerprint density at radius 3 is 2.62 bits per heavy atom. The fourth-order valence-corrected chi connectivity index (χ4v) is 2.90. The molecule has 2 rings (SSSR count). The van der Waals surface area contributed by atoms with Gasteiger partial charge in [0.15, 0.2) is 0 Å². The molecule has 0 aromatic heterocycles. The molecule has 1 aromatic rings. The highest BCUT2D eigenvalue weighted by atomic mass is 35.5. The summed E-state index contributed by atoms with van der Waals surface area (Å²) in [7, 11) is 3.34. The van der Waals surface area contributed by atoms with Crippen LogP contribution >= 0.6 is 12.4 Å². The van der Waals surface area contributed by atoms with Crippen LogP contribution in [0.3, 0.4) is 0 Å². The highest BCUT2D eigenvalue weighted by Crippen LogP contribution is 2.24. The van der Waals surface area contributed by atoms with Crippen molar-refractivity contribution in [2.75, 3.05) is 26.0 Å². The van der Waals surface area contributed by atoms with E-state index < -0.39 is 0 Å². The molecule has 3 amide bonds. The SMILES string of the molecule is CN(C)C(=O)Nc1cccc(C(=O)NC2CCCCC2CN)c1.Cl. The summed E-state index contributed by atoms with van der Waals surface area (Å²) < 4.78 is 0. The molecule has 0 heterocycles. The predicted octanol–water partition coefficient (Wildman–Crippen LogP) is 2.45. The van der Waals surface area contributed by atoms with Crippen LogP contribution in [-0.4, -0.2) is 43.5 Å². The maximum Gasteiger partial charge on any atom is 0.321 e. The number of rotatable bonds is 4. The van der Waals surface area contributed by atoms with Crippen LogP contribution in [-0.2, 0) is 0 Å². The Morgan fingerprint density at radius 2 is 1.96 bits per heavy atom. The molecule has 0 aliphatic heterocycles. The van der Waals surface area contributed by atoms with E-state index in [-0.39, 0.29) is 30.4 Å². The molecule has 134 valence electrons. The molecule has 0 spiro atoms. The lowest BCUT2D eigenvalue weighted by molar-refractivity contribution is 0.0908. The summed E-state index contributed by atoms with van der Waals surface area (Å²) in [6.07, 6.45) is 4.35. The van der Waals surface area contributed by atoms with Gasteiger partial charge in [-0.05, 0) is 43.5 Å². The van der Waals surface area contributed by atoms with Gasteiger partial charge in [0.05, 0.1) is 0 Å². The Hall–Kier alpha value is -1.79. The first-order valence-corrected chi connectivity index (χ1v) is 8.10. The Bertz CT molecular complexity index is 565. The van der Waals surface area contributed by atoms with Crippen molar-refractivity contribution in [3.05, 3.63) is 29.8 Å². The summed E-state index contributed by atoms with van der Waals surface area (Å²) in [5.74, 6) is 0.237. The molecule has 2 atom stereocenters. The molecule has 6 nitrogen and oxygen atoms in total. The zero-order valence-corrected chi connectivity index (χ0v) is 15.1. The van der Waals surface area contributed by atoms with Crippen LogP contribution in [0.5, 0.6) is 0 Å². The fourth-order valence-electron chi connectivity index (χ4n) is 2.90. The van der Waals surface area contributed by atoms with Gasteiger partial charge in [-0.2, -0.15) is 0 Å². The van der Waals surface area contributed by atoms with E-state index in [1.54, 1.807) is 38.4 Å². The highest BCUT2D eigenvalue weighted by molar-refractivity contribution is 5.97. The van der Waals surface area contributed by atoms with Crippen molar-refractivity contribution in [1.82, 2.24) is 10.2 Å². The van der Waals surface area contributed by atoms with Gasteiger partial charge in [0.2, 0.25) is 0 Å². The van der Waals surface area contributed by atoms with E-state index in [0.29, 0.717) is 23.7 Å². The molecule has 1 fully saturated rings. The average Bonchev–Trinajstić information content (AvgIpc) is 2.55. The monoisotopic (exact) mass is 354 g/mol. The highest BCUT2D eigenvalue weighted by Gasteiger charge is 2.25. The van der Waals surface area contributed by atoms with Crippen LogP contribution in [0.1, 0.15) is 36.0 Å². The van der Waals surface area contributed by atoms with Gasteiger partial charge in [-0.25, -0.2) is 4.79 Å². The van der Waals surface area contributed by atoms with Crippen LogP contribution in [0, 0.1) is 5.92 Å². The van der Waals surface area contributed by atoms with Gasteiger partial charge in [-0.3, -0.25) is 4.79 Å². The zero-order chi connectivity index (χ0) is 16.8. The standard InChI is InChI=1S/C17H26N4O2.ClH/c1-21(2)17(23)19-14-8-5-7-12(10-14)16(22)20-15-9-4-3-6-13(15)11-18;/h5,7-8,10,13,15H,3-4,6,9,11,18H2,1-2H3,(H,19,23)(H,20,22);1H. The molecule has 0 radical (unpaired) electrons. The first-order valence-electron chi connectivity index (χ1n) is 8.10. The van der Waals surface area contributed by atoms with Gasteiger partial charge in [0.25, 0.3) is 5.91 Å². The quantitative estimate of drug-likeness (QED) is 0.776. The number of amides is 3. The van der Waals surface area contributed by atoms with E-state index in [2.05, 4.69) is 10.6 Å². The van der Waals surface area contributed by atoms with Gasteiger partial charge >= 0.3 is 6.03 Å². The minimum absolute atomic E-state index is 0. The first-order chi connectivity index (χ1) is 11.0. The second-order valence-corrected chi connectivity index (χ2v) is 6.27. The van der Waals surface area contributed by atoms with Crippen LogP contribution in [0.25, 0.3) is 0 Å². The number of halogens is 1. The molecule has 7 heteroatoms. The molecule has 0 bridgehead atoms. The molecular formula is C17H27ClN4O2. The number of anilines is 1. The van der Waals surface area contributed by atoms with E-state index in [9.17, 15) is 9.59 Å². The summed E-state index contributed by atoms with van der Waals surface area (Å²) in [6, 6.07) is 6.89. The van der Waals surface area contributed by atoms with E-state index >= 15 is 0 Å². The topological polar surface area (TPSA) is 87.5 Å². The summed E-state index contributed by atoms with van der Waals surface area (Å²) in [5, 5.41) is 5.84. The molecule has 1 aromatic carbocycles. The number of benzene rings is 1. The number of nitrogens with two attached hydrogens (primary N) is 1. The third-order valence-corrected chi connectivity index (χ3v) is 4.31. The molecule has 1 saturated carbocycles. The van der Waals surface area contributed by atoms with E-state index in [0.717, 1.165) is 19.3 Å². The average molecular weight is 355 g/mol. The Balaban J connectivity index is 0.00000288. The molecule has 1 aliphatic carbocycles. The number of carbonyl (C=O) groups is 2. The van der Waals surface area contributed by atoms with Gasteiger partial charge in [0, 0.05) is 31.4 Å². The lowest BCUT2D eigenvalue weighted by atomic mass is 9.84. The number of nitrogens with zero attached hydrogens (tertiary/aromatic N) is 1. The number of hydrogen-bond donors (Lipinski definition) is 3. The first kappa shape index (κ1) is 20.3. The summed E-state index contributed by atoms with van der Waals surface area (Å²) in [5.41, 5.74) is 6.96. The summed E-state index contributed by atoms with van der Waals surface area (Å²) >= 11 is 0. The Kier molecular flexibility index (Phi) is 8.01. The molecule has 4 N–H and O–H groups in total. The third-order valence-electron chi connectivity index (χ3n) is 4.31. The minimum atomic E-state index is -0.224. The van der Waals surface area contributed by atoms with Gasteiger partial charge in [0.1, 0.15) is 0 Å². The van der Waals surface area contributed by atoms with Crippen LogP contribution < -0.4 is 16.4 Å². The number of carbonyl (C=O) groups excluding carboxylic acids is 2. The lowest BCUT2D eigenvalue weighted by Gasteiger charge is -2.31. The smallest absolute Gasteiger partial charge is 0.321 e. The number of nitrogens with one attached hydrogen (secondary N) is 2. The van der Waals surface area contributed by atoms with Crippen LogP contribution in [0.4, 0.5) is 10.5 Å². The van der Waals surface area contributed by atoms with Crippen molar-refractivity contribution in [1.29, 1.82) is 0 Å². The lowest BCUT2D eigenvalue weighted by Crippen LogP contribution is -2.44. The largest absolute Gasteiger partial charge is 0.349 e. The van der Waals surface area contributed by atoms with Crippen molar-refractivity contribution >= 4 is 30.0 Å². The van der Waals surface area contributed by atoms with Crippen molar-refractivity contribution in [3.8, 4) is 0 Å². The molecule has 0 saturated heterocycles. The summed E-state index contributed by atoms with van der Waals surface area (Å²) in [6.45, 7) is 0.601. The van der Waals surface area contributed by atoms with Gasteiger partial charge < -0.3 is 21.3 Å². The van der Waals surface area contributed by atoms with E-state index in [1.165, 1.54) is 11.3 Å². The van der Waals surface area contributed by atoms with Gasteiger partial charge in [-0.15, -0.1) is 12.4 Å². The van der Waals surface area contributed by atoms with Gasteiger partial charge in [-0.1, -0.05) is 18.9 Å². The fraction of sp³-hybridized carbons (Fsp3) is 0.529. The van der Waals surface area contributed by atoms with Crippen molar-refractivity contribution in [2.24, 2.45) is 11.7 Å². The Morgan fingerprint density at radius 1 is 1.25 bits per heavy atom. The Labute approximate surface area is 149 Å². The molecule has 2 unspecified atom stereocenters. The second kappa shape index (κ2) is 9.49. The molecular weight excluding hydrogens is 328 g/mol. The van der Waals surface area contributed by atoms with Crippen molar-refractivity contribution < 1.29 is 9.59 Å². The maximum atomic E-state index is 12.5. The maximum absolute atomic E-state index is 12.5. The second-order valence-electron chi connectivity index (χ2n) is 6.27. The van der Waals surface area contributed by atoms with Crippen molar-refractivity contribution in [2.45, 2.75) is 31.7 Å².